The minimum Gasteiger partial charge on any atom is -0.489 e. The Morgan fingerprint density at radius 1 is 1.25 bits per heavy atom. The number of H-pyrrole nitrogens is 1. The predicted molar refractivity (Wildman–Crippen MR) is 115 cm³/mol. The molecule has 164 valence electrons. The van der Waals surface area contributed by atoms with E-state index in [9.17, 15) is 28.3 Å². The SMILES string of the molecule is Cc1ccc(Cl)c(COc2ccc(F)c(-n3c(=O)[nH]c4csc(C(=O)O)c4c3=O)c2)c1F. The van der Waals surface area contributed by atoms with E-state index in [4.69, 9.17) is 16.3 Å². The van der Waals surface area contributed by atoms with Crippen molar-refractivity contribution in [2.45, 2.75) is 13.5 Å². The van der Waals surface area contributed by atoms with Gasteiger partial charge in [0.15, 0.2) is 0 Å². The van der Waals surface area contributed by atoms with E-state index in [0.717, 1.165) is 23.5 Å². The van der Waals surface area contributed by atoms with Crippen LogP contribution in [-0.4, -0.2) is 20.6 Å². The zero-order valence-corrected chi connectivity index (χ0v) is 17.8. The number of ether oxygens (including phenoxy) is 1. The zero-order valence-electron chi connectivity index (χ0n) is 16.2. The normalized spacial score (nSPS) is 11.1. The molecule has 0 aliphatic heterocycles. The molecule has 2 heterocycles. The summed E-state index contributed by atoms with van der Waals surface area (Å²) in [6.07, 6.45) is 0. The van der Waals surface area contributed by atoms with Crippen LogP contribution in [0.3, 0.4) is 0 Å². The number of halogens is 3. The number of carbonyl (C=O) groups is 1. The van der Waals surface area contributed by atoms with E-state index in [-0.39, 0.29) is 38.7 Å². The number of aromatic amines is 1. The highest BCUT2D eigenvalue weighted by atomic mass is 35.5. The summed E-state index contributed by atoms with van der Waals surface area (Å²) in [6.45, 7) is 1.28. The van der Waals surface area contributed by atoms with Gasteiger partial charge >= 0.3 is 11.7 Å². The molecule has 32 heavy (non-hydrogen) atoms. The van der Waals surface area contributed by atoms with Gasteiger partial charge in [-0.25, -0.2) is 22.9 Å². The number of nitrogens with zero attached hydrogens (tertiary/aromatic N) is 1. The molecule has 2 N–H and O–H groups in total. The van der Waals surface area contributed by atoms with Gasteiger partial charge in [-0.15, -0.1) is 11.3 Å². The average Bonchev–Trinajstić information content (AvgIpc) is 3.17. The molecule has 4 rings (SSSR count). The van der Waals surface area contributed by atoms with Crippen LogP contribution >= 0.6 is 22.9 Å². The van der Waals surface area contributed by atoms with E-state index in [0.29, 0.717) is 10.1 Å². The van der Waals surface area contributed by atoms with E-state index in [1.165, 1.54) is 23.6 Å². The largest absolute Gasteiger partial charge is 0.489 e. The molecule has 0 unspecified atom stereocenters. The van der Waals surface area contributed by atoms with Gasteiger partial charge in [0, 0.05) is 17.0 Å². The molecule has 0 spiro atoms. The molecule has 2 aromatic heterocycles. The van der Waals surface area contributed by atoms with Crippen LogP contribution in [0.1, 0.15) is 20.8 Å². The Balaban J connectivity index is 1.79. The number of aryl methyl sites for hydroxylation is 1. The van der Waals surface area contributed by atoms with Crippen molar-refractivity contribution in [2.24, 2.45) is 0 Å². The summed E-state index contributed by atoms with van der Waals surface area (Å²) in [5.74, 6) is -2.78. The maximum absolute atomic E-state index is 14.6. The Bertz CT molecular complexity index is 1510. The number of aromatic nitrogens is 2. The topological polar surface area (TPSA) is 101 Å². The number of hydrogen-bond donors (Lipinski definition) is 2. The number of nitrogens with one attached hydrogen (secondary N) is 1. The fraction of sp³-hybridized carbons (Fsp3) is 0.0952. The lowest BCUT2D eigenvalue weighted by Crippen LogP contribution is -2.34. The van der Waals surface area contributed by atoms with Gasteiger partial charge in [-0.05, 0) is 30.7 Å². The molecule has 0 aliphatic carbocycles. The zero-order chi connectivity index (χ0) is 23.2. The highest BCUT2D eigenvalue weighted by Crippen LogP contribution is 2.26. The summed E-state index contributed by atoms with van der Waals surface area (Å²) in [4.78, 5) is 38.9. The number of rotatable bonds is 5. The van der Waals surface area contributed by atoms with Gasteiger partial charge in [-0.1, -0.05) is 17.7 Å². The first kappa shape index (κ1) is 21.7. The van der Waals surface area contributed by atoms with Crippen molar-refractivity contribution in [3.8, 4) is 11.4 Å². The monoisotopic (exact) mass is 478 g/mol. The Morgan fingerprint density at radius 3 is 2.72 bits per heavy atom. The summed E-state index contributed by atoms with van der Waals surface area (Å²) < 4.78 is 34.9. The maximum Gasteiger partial charge on any atom is 0.346 e. The number of hydrogen-bond acceptors (Lipinski definition) is 5. The molecule has 0 bridgehead atoms. The summed E-state index contributed by atoms with van der Waals surface area (Å²) in [6, 6.07) is 6.34. The van der Waals surface area contributed by atoms with Crippen LogP contribution in [0.2, 0.25) is 5.02 Å². The third-order valence-corrected chi connectivity index (χ3v) is 6.09. The van der Waals surface area contributed by atoms with Gasteiger partial charge in [0.25, 0.3) is 5.56 Å². The minimum atomic E-state index is -1.35. The number of carboxylic acids is 1. The second-order valence-electron chi connectivity index (χ2n) is 6.79. The molecule has 4 aromatic rings. The van der Waals surface area contributed by atoms with Crippen molar-refractivity contribution in [1.29, 1.82) is 0 Å². The van der Waals surface area contributed by atoms with E-state index < -0.39 is 34.5 Å². The molecule has 0 aliphatic rings. The van der Waals surface area contributed by atoms with E-state index in [1.54, 1.807) is 6.92 Å². The van der Waals surface area contributed by atoms with Crippen molar-refractivity contribution in [3.63, 3.8) is 0 Å². The Morgan fingerprint density at radius 2 is 2.00 bits per heavy atom. The first-order valence-corrected chi connectivity index (χ1v) is 10.3. The second kappa shape index (κ2) is 8.21. The molecule has 2 aromatic carbocycles. The smallest absolute Gasteiger partial charge is 0.346 e. The molecule has 0 amide bonds. The van der Waals surface area contributed by atoms with Crippen molar-refractivity contribution in [2.75, 3.05) is 0 Å². The molecule has 0 radical (unpaired) electrons. The van der Waals surface area contributed by atoms with E-state index >= 15 is 0 Å². The third-order valence-electron chi connectivity index (χ3n) is 4.77. The molecule has 0 atom stereocenters. The Hall–Kier alpha value is -3.50. The van der Waals surface area contributed by atoms with Crippen LogP contribution in [0.15, 0.2) is 45.3 Å². The quantitative estimate of drug-likeness (QED) is 0.446. The van der Waals surface area contributed by atoms with Gasteiger partial charge in [0.05, 0.1) is 21.6 Å². The van der Waals surface area contributed by atoms with Crippen molar-refractivity contribution in [3.05, 3.63) is 89.2 Å². The van der Waals surface area contributed by atoms with Gasteiger partial charge in [0.2, 0.25) is 0 Å². The lowest BCUT2D eigenvalue weighted by molar-refractivity contribution is 0.0704. The molecule has 0 saturated heterocycles. The lowest BCUT2D eigenvalue weighted by atomic mass is 10.1. The van der Waals surface area contributed by atoms with Crippen LogP contribution in [0, 0.1) is 18.6 Å². The second-order valence-corrected chi connectivity index (χ2v) is 8.07. The number of benzene rings is 2. The minimum absolute atomic E-state index is 0.0357. The molecular weight excluding hydrogens is 466 g/mol. The highest BCUT2D eigenvalue weighted by Gasteiger charge is 2.21. The fourth-order valence-electron chi connectivity index (χ4n) is 3.17. The Kier molecular flexibility index (Phi) is 5.57. The Labute approximate surface area is 187 Å². The molecular formula is C21H13ClF2N2O5S. The average molecular weight is 479 g/mol. The standard InChI is InChI=1S/C21H13ClF2N2O5S/c1-9-2-4-12(22)11(17(9)24)7-31-10-3-5-13(23)15(6-10)26-19(27)16-14(25-21(26)30)8-32-18(16)20(28)29/h2-6,8H,7H2,1H3,(H,25,30)(H,28,29). The summed E-state index contributed by atoms with van der Waals surface area (Å²) >= 11 is 6.79. The molecule has 11 heteroatoms. The number of aromatic carboxylic acids is 1. The predicted octanol–water partition coefficient (Wildman–Crippen LogP) is 4.26. The van der Waals surface area contributed by atoms with Crippen molar-refractivity contribution in [1.82, 2.24) is 9.55 Å². The van der Waals surface area contributed by atoms with Gasteiger partial charge in [-0.2, -0.15) is 0 Å². The van der Waals surface area contributed by atoms with Crippen molar-refractivity contribution < 1.29 is 23.4 Å². The molecule has 0 fully saturated rings. The number of fused-ring (bicyclic) bond motifs is 1. The molecule has 0 saturated carbocycles. The van der Waals surface area contributed by atoms with E-state index in [2.05, 4.69) is 4.98 Å². The summed E-state index contributed by atoms with van der Waals surface area (Å²) in [5, 5.41) is 10.5. The fourth-order valence-corrected chi connectivity index (χ4v) is 4.20. The first-order chi connectivity index (χ1) is 15.2. The first-order valence-electron chi connectivity index (χ1n) is 9.05. The van der Waals surface area contributed by atoms with Crippen LogP contribution < -0.4 is 16.0 Å². The summed E-state index contributed by atoms with van der Waals surface area (Å²) in [5.41, 5.74) is -1.90. The van der Waals surface area contributed by atoms with Gasteiger partial charge in [-0.3, -0.25) is 4.79 Å². The number of thiophene rings is 1. The molecule has 7 nitrogen and oxygen atoms in total. The van der Waals surface area contributed by atoms with Crippen LogP contribution in [-0.2, 0) is 6.61 Å². The summed E-state index contributed by atoms with van der Waals surface area (Å²) in [7, 11) is 0. The van der Waals surface area contributed by atoms with Crippen LogP contribution in [0.25, 0.3) is 16.6 Å². The van der Waals surface area contributed by atoms with Crippen LogP contribution in [0.4, 0.5) is 8.78 Å². The maximum atomic E-state index is 14.6. The van der Waals surface area contributed by atoms with Crippen LogP contribution in [0.5, 0.6) is 5.75 Å². The van der Waals surface area contributed by atoms with E-state index in [1.807, 2.05) is 0 Å². The highest BCUT2D eigenvalue weighted by molar-refractivity contribution is 7.13. The third kappa shape index (κ3) is 3.67. The van der Waals surface area contributed by atoms with Gasteiger partial charge in [0.1, 0.15) is 28.9 Å². The van der Waals surface area contributed by atoms with Gasteiger partial charge < -0.3 is 14.8 Å². The lowest BCUT2D eigenvalue weighted by Gasteiger charge is -2.12. The number of carboxylic acid groups (broad SMARTS) is 1. The van der Waals surface area contributed by atoms with Crippen molar-refractivity contribution >= 4 is 39.8 Å².